The minimum atomic E-state index is -4.45. The lowest BCUT2D eigenvalue weighted by Crippen LogP contribution is -2.53. The van der Waals surface area contributed by atoms with Crippen LogP contribution in [-0.4, -0.2) is 47.9 Å². The van der Waals surface area contributed by atoms with Crippen LogP contribution in [0.1, 0.15) is 47.3 Å². The van der Waals surface area contributed by atoms with Crippen molar-refractivity contribution < 1.29 is 27.2 Å². The van der Waals surface area contributed by atoms with Gasteiger partial charge in [-0.2, -0.15) is 13.2 Å². The maximum absolute atomic E-state index is 13.1. The van der Waals surface area contributed by atoms with E-state index < -0.39 is 17.8 Å². The van der Waals surface area contributed by atoms with Gasteiger partial charge in [0.15, 0.2) is 5.76 Å². The highest BCUT2D eigenvalue weighted by Gasteiger charge is 2.32. The third kappa shape index (κ3) is 5.39. The van der Waals surface area contributed by atoms with E-state index in [4.69, 9.17) is 4.42 Å². The Bertz CT molecular complexity index is 931. The monoisotopic (exact) mass is 437 g/mol. The summed E-state index contributed by atoms with van der Waals surface area (Å²) in [6.45, 7) is 6.79. The summed E-state index contributed by atoms with van der Waals surface area (Å²) >= 11 is 0. The van der Waals surface area contributed by atoms with Gasteiger partial charge in [0.05, 0.1) is 11.6 Å². The SMILES string of the molecule is Cc1ccc(C(=O)N2CCN(C(=O)NC(c3cccc(C(F)(F)F)c3)C(C)C)CC2)o1. The van der Waals surface area contributed by atoms with Crippen LogP contribution in [0.5, 0.6) is 0 Å². The Morgan fingerprint density at radius 3 is 2.23 bits per heavy atom. The third-order valence-corrected chi connectivity index (χ3v) is 5.32. The van der Waals surface area contributed by atoms with Crippen LogP contribution in [0.4, 0.5) is 18.0 Å². The second-order valence-electron chi connectivity index (χ2n) is 7.98. The molecule has 0 aliphatic carbocycles. The number of furan rings is 1. The number of alkyl halides is 3. The number of piperazine rings is 1. The summed E-state index contributed by atoms with van der Waals surface area (Å²) in [5.41, 5.74) is -0.342. The molecule has 1 N–H and O–H groups in total. The van der Waals surface area contributed by atoms with Crippen molar-refractivity contribution in [1.82, 2.24) is 15.1 Å². The molecule has 1 aliphatic heterocycles. The normalized spacial score (nSPS) is 15.8. The number of hydrogen-bond donors (Lipinski definition) is 1. The van der Waals surface area contributed by atoms with E-state index in [0.717, 1.165) is 12.1 Å². The molecule has 3 rings (SSSR count). The van der Waals surface area contributed by atoms with Gasteiger partial charge < -0.3 is 19.5 Å². The van der Waals surface area contributed by atoms with Gasteiger partial charge in [0.2, 0.25) is 0 Å². The Kier molecular flexibility index (Phi) is 6.62. The molecule has 0 spiro atoms. The van der Waals surface area contributed by atoms with E-state index in [0.29, 0.717) is 37.5 Å². The first-order valence-corrected chi connectivity index (χ1v) is 10.1. The Morgan fingerprint density at radius 2 is 1.68 bits per heavy atom. The first-order valence-electron chi connectivity index (χ1n) is 10.1. The van der Waals surface area contributed by atoms with Crippen molar-refractivity contribution >= 4 is 11.9 Å². The molecule has 2 heterocycles. The van der Waals surface area contributed by atoms with Crippen LogP contribution in [0.15, 0.2) is 40.8 Å². The topological polar surface area (TPSA) is 65.8 Å². The molecule has 1 fully saturated rings. The number of halogens is 3. The van der Waals surface area contributed by atoms with E-state index in [2.05, 4.69) is 5.32 Å². The molecule has 1 saturated heterocycles. The number of nitrogens with zero attached hydrogens (tertiary/aromatic N) is 2. The number of carbonyl (C=O) groups excluding carboxylic acids is 2. The summed E-state index contributed by atoms with van der Waals surface area (Å²) in [6, 6.07) is 7.43. The zero-order valence-electron chi connectivity index (χ0n) is 17.7. The van der Waals surface area contributed by atoms with Gasteiger partial charge in [0, 0.05) is 26.2 Å². The molecule has 1 unspecified atom stereocenters. The molecular weight excluding hydrogens is 411 g/mol. The average Bonchev–Trinajstić information content (AvgIpc) is 3.17. The molecule has 0 saturated carbocycles. The lowest BCUT2D eigenvalue weighted by Gasteiger charge is -2.35. The Morgan fingerprint density at radius 1 is 1.03 bits per heavy atom. The number of benzene rings is 1. The summed E-state index contributed by atoms with van der Waals surface area (Å²) in [4.78, 5) is 28.5. The molecule has 1 atom stereocenters. The summed E-state index contributed by atoms with van der Waals surface area (Å²) in [7, 11) is 0. The number of rotatable bonds is 4. The standard InChI is InChI=1S/C22H26F3N3O3/c1-14(2)19(16-5-4-6-17(13-16)22(23,24)25)26-21(30)28-11-9-27(10-12-28)20(29)18-8-7-15(3)31-18/h4-8,13-14,19H,9-12H2,1-3H3,(H,26,30). The largest absolute Gasteiger partial charge is 0.456 e. The van der Waals surface area contributed by atoms with E-state index in [1.165, 1.54) is 6.07 Å². The molecule has 31 heavy (non-hydrogen) atoms. The van der Waals surface area contributed by atoms with Crippen molar-refractivity contribution in [2.45, 2.75) is 33.0 Å². The second kappa shape index (κ2) is 9.03. The van der Waals surface area contributed by atoms with Gasteiger partial charge in [-0.15, -0.1) is 0 Å². The molecule has 1 aliphatic rings. The maximum Gasteiger partial charge on any atom is 0.416 e. The number of amides is 3. The highest BCUT2D eigenvalue weighted by Crippen LogP contribution is 2.32. The van der Waals surface area contributed by atoms with Crippen LogP contribution in [0.2, 0.25) is 0 Å². The third-order valence-electron chi connectivity index (χ3n) is 5.32. The molecule has 1 aromatic carbocycles. The van der Waals surface area contributed by atoms with Crippen LogP contribution < -0.4 is 5.32 Å². The average molecular weight is 437 g/mol. The van der Waals surface area contributed by atoms with Crippen molar-refractivity contribution in [2.75, 3.05) is 26.2 Å². The predicted molar refractivity (Wildman–Crippen MR) is 108 cm³/mol. The number of hydrogen-bond acceptors (Lipinski definition) is 3. The van der Waals surface area contributed by atoms with E-state index >= 15 is 0 Å². The van der Waals surface area contributed by atoms with Gasteiger partial charge in [0.1, 0.15) is 5.76 Å². The van der Waals surface area contributed by atoms with Crippen molar-refractivity contribution in [3.63, 3.8) is 0 Å². The van der Waals surface area contributed by atoms with E-state index in [9.17, 15) is 22.8 Å². The Balaban J connectivity index is 1.63. The molecule has 3 amide bonds. The fourth-order valence-electron chi connectivity index (χ4n) is 3.59. The minimum absolute atomic E-state index is 0.113. The summed E-state index contributed by atoms with van der Waals surface area (Å²) in [6.07, 6.45) is -4.45. The fourth-order valence-corrected chi connectivity index (χ4v) is 3.59. The second-order valence-corrected chi connectivity index (χ2v) is 7.98. The molecule has 0 radical (unpaired) electrons. The number of carbonyl (C=O) groups is 2. The van der Waals surface area contributed by atoms with Gasteiger partial charge in [-0.1, -0.05) is 26.0 Å². The summed E-state index contributed by atoms with van der Waals surface area (Å²) < 4.78 is 44.6. The van der Waals surface area contributed by atoms with E-state index in [1.54, 1.807) is 34.9 Å². The van der Waals surface area contributed by atoms with Gasteiger partial charge in [-0.25, -0.2) is 4.79 Å². The van der Waals surface area contributed by atoms with Gasteiger partial charge in [-0.05, 0) is 42.7 Å². The van der Waals surface area contributed by atoms with Crippen molar-refractivity contribution in [2.24, 2.45) is 5.92 Å². The van der Waals surface area contributed by atoms with Crippen LogP contribution in [-0.2, 0) is 6.18 Å². The van der Waals surface area contributed by atoms with Gasteiger partial charge >= 0.3 is 12.2 Å². The number of nitrogens with one attached hydrogen (secondary N) is 1. The molecule has 6 nitrogen and oxygen atoms in total. The molecule has 1 aromatic heterocycles. The van der Waals surface area contributed by atoms with E-state index in [1.807, 2.05) is 13.8 Å². The van der Waals surface area contributed by atoms with Crippen LogP contribution in [0, 0.1) is 12.8 Å². The number of aryl methyl sites for hydroxylation is 1. The van der Waals surface area contributed by atoms with E-state index in [-0.39, 0.29) is 23.6 Å². The van der Waals surface area contributed by atoms with Gasteiger partial charge in [0.25, 0.3) is 5.91 Å². The van der Waals surface area contributed by atoms with Gasteiger partial charge in [-0.3, -0.25) is 4.79 Å². The van der Waals surface area contributed by atoms with Crippen molar-refractivity contribution in [1.29, 1.82) is 0 Å². The minimum Gasteiger partial charge on any atom is -0.456 e. The van der Waals surface area contributed by atoms with Crippen molar-refractivity contribution in [3.8, 4) is 0 Å². The zero-order chi connectivity index (χ0) is 22.8. The molecule has 0 bridgehead atoms. The maximum atomic E-state index is 13.1. The zero-order valence-corrected chi connectivity index (χ0v) is 17.7. The van der Waals surface area contributed by atoms with Crippen LogP contribution >= 0.6 is 0 Å². The first-order chi connectivity index (χ1) is 14.6. The Hall–Kier alpha value is -2.97. The van der Waals surface area contributed by atoms with Crippen molar-refractivity contribution in [3.05, 3.63) is 59.0 Å². The highest BCUT2D eigenvalue weighted by molar-refractivity contribution is 5.91. The summed E-state index contributed by atoms with van der Waals surface area (Å²) in [5.74, 6) is 0.574. The highest BCUT2D eigenvalue weighted by atomic mass is 19.4. The molecule has 9 heteroatoms. The smallest absolute Gasteiger partial charge is 0.416 e. The fraction of sp³-hybridized carbons (Fsp3) is 0.455. The summed E-state index contributed by atoms with van der Waals surface area (Å²) in [5, 5.41) is 2.86. The molecule has 168 valence electrons. The Labute approximate surface area is 179 Å². The number of urea groups is 1. The van der Waals surface area contributed by atoms with Crippen LogP contribution in [0.25, 0.3) is 0 Å². The first kappa shape index (κ1) is 22.7. The molecular formula is C22H26F3N3O3. The quantitative estimate of drug-likeness (QED) is 0.768. The predicted octanol–water partition coefficient (Wildman–Crippen LogP) is 4.47. The lowest BCUT2D eigenvalue weighted by molar-refractivity contribution is -0.137. The molecule has 2 aromatic rings. The lowest BCUT2D eigenvalue weighted by atomic mass is 9.94. The van der Waals surface area contributed by atoms with Crippen LogP contribution in [0.3, 0.4) is 0 Å².